The fraction of sp³-hybridized carbons (Fsp3) is 0.846. The zero-order valence-electron chi connectivity index (χ0n) is 11.9. The number of hydrogen-bond donors (Lipinski definition) is 1. The van der Waals surface area contributed by atoms with Gasteiger partial charge in [-0.3, -0.25) is 9.59 Å². The molecule has 104 valence electrons. The molecule has 2 amide bonds. The van der Waals surface area contributed by atoms with Crippen LogP contribution in [0.2, 0.25) is 0 Å². The van der Waals surface area contributed by atoms with Crippen LogP contribution in [-0.4, -0.2) is 55.3 Å². The Hall–Kier alpha value is -1.10. The molecule has 1 fully saturated rings. The van der Waals surface area contributed by atoms with Crippen LogP contribution < -0.4 is 5.73 Å². The number of nitrogens with two attached hydrogens (primary N) is 1. The Bertz CT molecular complexity index is 322. The fourth-order valence-corrected chi connectivity index (χ4v) is 2.67. The quantitative estimate of drug-likeness (QED) is 0.768. The molecule has 0 aliphatic heterocycles. The molecule has 0 aromatic carbocycles. The van der Waals surface area contributed by atoms with Gasteiger partial charge in [0.25, 0.3) is 0 Å². The Labute approximate surface area is 109 Å². The van der Waals surface area contributed by atoms with E-state index in [9.17, 15) is 9.59 Å². The first-order valence-electron chi connectivity index (χ1n) is 6.56. The van der Waals surface area contributed by atoms with Crippen molar-refractivity contribution >= 4 is 11.8 Å². The lowest BCUT2D eigenvalue weighted by Gasteiger charge is -2.46. The van der Waals surface area contributed by atoms with Crippen LogP contribution >= 0.6 is 0 Å². The topological polar surface area (TPSA) is 66.6 Å². The van der Waals surface area contributed by atoms with Gasteiger partial charge in [0.05, 0.1) is 12.0 Å². The van der Waals surface area contributed by atoms with Gasteiger partial charge in [0.15, 0.2) is 0 Å². The van der Waals surface area contributed by atoms with Gasteiger partial charge < -0.3 is 15.5 Å². The first kappa shape index (κ1) is 15.0. The van der Waals surface area contributed by atoms with Crippen LogP contribution in [0.5, 0.6) is 0 Å². The summed E-state index contributed by atoms with van der Waals surface area (Å²) in [7, 11) is 3.40. The van der Waals surface area contributed by atoms with E-state index in [1.807, 2.05) is 6.92 Å². The molecule has 1 saturated carbocycles. The van der Waals surface area contributed by atoms with Crippen molar-refractivity contribution in [3.05, 3.63) is 0 Å². The number of hydrogen-bond acceptors (Lipinski definition) is 3. The standard InChI is InChI=1S/C13H25N3O2/c1-5-16(8-11(17)15(3)4)12(18)13(9-14)6-10(2)7-13/h10H,5-9,14H2,1-4H3. The Morgan fingerprint density at radius 1 is 1.33 bits per heavy atom. The molecule has 2 N–H and O–H groups in total. The minimum atomic E-state index is -0.415. The summed E-state index contributed by atoms with van der Waals surface area (Å²) in [4.78, 5) is 27.3. The van der Waals surface area contributed by atoms with Crippen molar-refractivity contribution in [3.63, 3.8) is 0 Å². The van der Waals surface area contributed by atoms with Crippen LogP contribution in [0, 0.1) is 11.3 Å². The van der Waals surface area contributed by atoms with Crippen molar-refractivity contribution in [2.75, 3.05) is 33.7 Å². The second kappa shape index (κ2) is 5.69. The fourth-order valence-electron chi connectivity index (χ4n) is 2.67. The molecule has 0 atom stereocenters. The Morgan fingerprint density at radius 3 is 2.22 bits per heavy atom. The molecule has 0 unspecified atom stereocenters. The van der Waals surface area contributed by atoms with E-state index in [0.29, 0.717) is 19.0 Å². The Balaban J connectivity index is 2.70. The molecule has 0 spiro atoms. The second-order valence-corrected chi connectivity index (χ2v) is 5.61. The zero-order valence-corrected chi connectivity index (χ0v) is 11.9. The van der Waals surface area contributed by atoms with Crippen LogP contribution in [0.3, 0.4) is 0 Å². The Morgan fingerprint density at radius 2 is 1.89 bits per heavy atom. The summed E-state index contributed by atoms with van der Waals surface area (Å²) in [5.41, 5.74) is 5.36. The van der Waals surface area contributed by atoms with E-state index >= 15 is 0 Å². The van der Waals surface area contributed by atoms with Crippen LogP contribution in [0.1, 0.15) is 26.7 Å². The first-order valence-corrected chi connectivity index (χ1v) is 6.56. The lowest BCUT2D eigenvalue weighted by atomic mass is 9.62. The summed E-state index contributed by atoms with van der Waals surface area (Å²) < 4.78 is 0. The van der Waals surface area contributed by atoms with Gasteiger partial charge in [-0.2, -0.15) is 0 Å². The van der Waals surface area contributed by atoms with E-state index in [4.69, 9.17) is 5.73 Å². The highest BCUT2D eigenvalue weighted by atomic mass is 16.2. The van der Waals surface area contributed by atoms with E-state index in [1.165, 1.54) is 4.90 Å². The minimum absolute atomic E-state index is 0.0424. The molecule has 0 radical (unpaired) electrons. The number of amides is 2. The summed E-state index contributed by atoms with van der Waals surface area (Å²) in [5, 5.41) is 0. The van der Waals surface area contributed by atoms with Gasteiger partial charge in [0.1, 0.15) is 0 Å². The van der Waals surface area contributed by atoms with E-state index in [-0.39, 0.29) is 18.4 Å². The number of rotatable bonds is 5. The van der Waals surface area contributed by atoms with Gasteiger partial charge in [-0.25, -0.2) is 0 Å². The largest absolute Gasteiger partial charge is 0.347 e. The van der Waals surface area contributed by atoms with Crippen molar-refractivity contribution in [2.24, 2.45) is 17.1 Å². The van der Waals surface area contributed by atoms with Gasteiger partial charge >= 0.3 is 0 Å². The lowest BCUT2D eigenvalue weighted by Crippen LogP contribution is -2.56. The molecule has 18 heavy (non-hydrogen) atoms. The van der Waals surface area contributed by atoms with Crippen molar-refractivity contribution in [3.8, 4) is 0 Å². The number of nitrogens with zero attached hydrogens (tertiary/aromatic N) is 2. The summed E-state index contributed by atoms with van der Waals surface area (Å²) >= 11 is 0. The molecule has 1 rings (SSSR count). The highest BCUT2D eigenvalue weighted by Gasteiger charge is 2.48. The maximum Gasteiger partial charge on any atom is 0.241 e. The molecule has 0 aromatic heterocycles. The summed E-state index contributed by atoms with van der Waals surface area (Å²) in [6, 6.07) is 0. The molecule has 1 aliphatic carbocycles. The van der Waals surface area contributed by atoms with Crippen molar-refractivity contribution in [2.45, 2.75) is 26.7 Å². The number of carbonyl (C=O) groups is 2. The zero-order chi connectivity index (χ0) is 13.9. The third-order valence-electron chi connectivity index (χ3n) is 3.82. The normalized spacial score (nSPS) is 26.4. The maximum atomic E-state index is 12.5. The highest BCUT2D eigenvalue weighted by Crippen LogP contribution is 2.45. The van der Waals surface area contributed by atoms with E-state index < -0.39 is 5.41 Å². The molecular formula is C13H25N3O2. The number of likely N-dealkylation sites (N-methyl/N-ethyl adjacent to an activating group) is 2. The van der Waals surface area contributed by atoms with E-state index in [2.05, 4.69) is 6.92 Å². The molecular weight excluding hydrogens is 230 g/mol. The van der Waals surface area contributed by atoms with Gasteiger partial charge in [-0.15, -0.1) is 0 Å². The predicted molar refractivity (Wildman–Crippen MR) is 70.8 cm³/mol. The summed E-state index contributed by atoms with van der Waals surface area (Å²) in [6.45, 7) is 5.10. The smallest absolute Gasteiger partial charge is 0.241 e. The minimum Gasteiger partial charge on any atom is -0.347 e. The van der Waals surface area contributed by atoms with Crippen LogP contribution in [-0.2, 0) is 9.59 Å². The van der Waals surface area contributed by atoms with Gasteiger partial charge in [0, 0.05) is 27.2 Å². The average molecular weight is 255 g/mol. The molecule has 0 saturated heterocycles. The summed E-state index contributed by atoms with van der Waals surface area (Å²) in [6.07, 6.45) is 1.68. The molecule has 0 bridgehead atoms. The molecule has 1 aliphatic rings. The van der Waals surface area contributed by atoms with Crippen molar-refractivity contribution in [1.82, 2.24) is 9.80 Å². The van der Waals surface area contributed by atoms with Crippen molar-refractivity contribution in [1.29, 1.82) is 0 Å². The highest BCUT2D eigenvalue weighted by molar-refractivity contribution is 5.88. The monoisotopic (exact) mass is 255 g/mol. The third kappa shape index (κ3) is 2.83. The Kier molecular flexibility index (Phi) is 4.73. The SMILES string of the molecule is CCN(CC(=O)N(C)C)C(=O)C1(CN)CC(C)C1. The molecule has 5 heteroatoms. The van der Waals surface area contributed by atoms with Crippen LogP contribution in [0.4, 0.5) is 0 Å². The first-order chi connectivity index (χ1) is 8.36. The van der Waals surface area contributed by atoms with E-state index in [0.717, 1.165) is 12.8 Å². The van der Waals surface area contributed by atoms with Crippen LogP contribution in [0.25, 0.3) is 0 Å². The second-order valence-electron chi connectivity index (χ2n) is 5.61. The maximum absolute atomic E-state index is 12.5. The van der Waals surface area contributed by atoms with Gasteiger partial charge in [-0.1, -0.05) is 6.92 Å². The van der Waals surface area contributed by atoms with E-state index in [1.54, 1.807) is 19.0 Å². The molecule has 0 heterocycles. The lowest BCUT2D eigenvalue weighted by molar-refractivity contribution is -0.152. The molecule has 0 aromatic rings. The van der Waals surface area contributed by atoms with Gasteiger partial charge in [0.2, 0.25) is 11.8 Å². The average Bonchev–Trinajstić information content (AvgIpc) is 2.30. The predicted octanol–water partition coefficient (Wildman–Crippen LogP) is 0.298. The van der Waals surface area contributed by atoms with Crippen LogP contribution in [0.15, 0.2) is 0 Å². The summed E-state index contributed by atoms with van der Waals surface area (Å²) in [5.74, 6) is 0.547. The van der Waals surface area contributed by atoms with Gasteiger partial charge in [-0.05, 0) is 25.7 Å². The third-order valence-corrected chi connectivity index (χ3v) is 3.82. The number of carbonyl (C=O) groups excluding carboxylic acids is 2. The van der Waals surface area contributed by atoms with Crippen molar-refractivity contribution < 1.29 is 9.59 Å². The molecule has 5 nitrogen and oxygen atoms in total.